The number of hydrogen-bond acceptors (Lipinski definition) is 5. The van der Waals surface area contributed by atoms with E-state index in [-0.39, 0.29) is 18.9 Å². The number of ether oxygens (including phenoxy) is 1. The van der Waals surface area contributed by atoms with Crippen LogP contribution >= 0.6 is 0 Å². The van der Waals surface area contributed by atoms with Gasteiger partial charge in [0.1, 0.15) is 12.1 Å². The molecule has 1 aliphatic rings. The number of methoxy groups -OCH3 is 1. The fraction of sp³-hybridized carbons (Fsp3) is 0.833. The number of nitrogens with one attached hydrogen (secondary N) is 2. The number of likely N-dealkylation sites (tertiary alicyclic amines) is 1. The molecule has 3 N–H and O–H groups in total. The first-order chi connectivity index (χ1) is 13.3. The molecule has 3 amide bonds. The number of nitrogens with zero attached hydrogens (tertiary/aromatic N) is 1. The van der Waals surface area contributed by atoms with E-state index in [1.807, 2.05) is 0 Å². The summed E-state index contributed by atoms with van der Waals surface area (Å²) in [5.74, 6) is -2.27. The zero-order valence-corrected chi connectivity index (χ0v) is 17.2. The first kappa shape index (κ1) is 25.0. The molecular formula is C18H30F3N3O5. The number of alkyl halides is 3. The van der Waals surface area contributed by atoms with Crippen LogP contribution < -0.4 is 10.6 Å². The zero-order valence-electron chi connectivity index (χ0n) is 17.2. The molecule has 1 heterocycles. The fourth-order valence-corrected chi connectivity index (χ4v) is 3.26. The molecule has 1 aliphatic heterocycles. The van der Waals surface area contributed by atoms with Crippen molar-refractivity contribution >= 4 is 17.9 Å². The lowest BCUT2D eigenvalue weighted by Crippen LogP contribution is -2.59. The highest BCUT2D eigenvalue weighted by Crippen LogP contribution is 2.26. The third kappa shape index (κ3) is 6.48. The van der Waals surface area contributed by atoms with E-state index in [2.05, 4.69) is 15.4 Å². The number of alkyl carbamates (subject to hydrolysis) is 1. The number of hydrogen-bond donors (Lipinski definition) is 3. The molecule has 0 bridgehead atoms. The Bertz CT molecular complexity index is 598. The Hall–Kier alpha value is -2.04. The van der Waals surface area contributed by atoms with E-state index in [0.29, 0.717) is 6.42 Å². The summed E-state index contributed by atoms with van der Waals surface area (Å²) in [6.07, 6.45) is -7.65. The monoisotopic (exact) mass is 425 g/mol. The highest BCUT2D eigenvalue weighted by molar-refractivity contribution is 5.92. The number of aliphatic hydroxyl groups excluding tert-OH is 1. The highest BCUT2D eigenvalue weighted by Gasteiger charge is 2.46. The molecule has 0 aromatic heterocycles. The second kappa shape index (κ2) is 10.1. The van der Waals surface area contributed by atoms with E-state index in [0.717, 1.165) is 7.11 Å². The molecule has 0 aliphatic carbocycles. The van der Waals surface area contributed by atoms with Gasteiger partial charge in [-0.15, -0.1) is 0 Å². The topological polar surface area (TPSA) is 108 Å². The summed E-state index contributed by atoms with van der Waals surface area (Å²) >= 11 is 0. The first-order valence-electron chi connectivity index (χ1n) is 9.51. The van der Waals surface area contributed by atoms with Crippen molar-refractivity contribution in [2.45, 2.75) is 70.9 Å². The maximum absolute atomic E-state index is 12.9. The van der Waals surface area contributed by atoms with Gasteiger partial charge < -0.3 is 25.4 Å². The van der Waals surface area contributed by atoms with E-state index in [9.17, 15) is 32.7 Å². The van der Waals surface area contributed by atoms with Crippen molar-refractivity contribution in [2.24, 2.45) is 11.8 Å². The van der Waals surface area contributed by atoms with Gasteiger partial charge in [-0.1, -0.05) is 27.7 Å². The van der Waals surface area contributed by atoms with Crippen molar-refractivity contribution in [2.75, 3.05) is 13.7 Å². The standard InChI is InChI=1S/C18H30F3N3O5/c1-9(2)12(14(25)18(19,20)21)22-15(26)11-7-6-8-24(11)16(27)13(10(3)4)23-17(28)29-5/h9-14,25H,6-8H2,1-5H3,(H,22,26)(H,23,28)/t11-,12?,13?,14?/m0/s1. The van der Waals surface area contributed by atoms with E-state index >= 15 is 0 Å². The Morgan fingerprint density at radius 2 is 1.69 bits per heavy atom. The number of aliphatic hydroxyl groups is 1. The fourth-order valence-electron chi connectivity index (χ4n) is 3.26. The zero-order chi connectivity index (χ0) is 22.5. The van der Waals surface area contributed by atoms with Gasteiger partial charge >= 0.3 is 12.3 Å². The molecule has 29 heavy (non-hydrogen) atoms. The van der Waals surface area contributed by atoms with Crippen LogP contribution in [0.15, 0.2) is 0 Å². The predicted octanol–water partition coefficient (Wildman–Crippen LogP) is 1.42. The van der Waals surface area contributed by atoms with E-state index in [1.54, 1.807) is 13.8 Å². The van der Waals surface area contributed by atoms with Crippen molar-refractivity contribution in [3.8, 4) is 0 Å². The van der Waals surface area contributed by atoms with Crippen LogP contribution in [0.1, 0.15) is 40.5 Å². The van der Waals surface area contributed by atoms with Crippen LogP contribution in [-0.2, 0) is 14.3 Å². The molecule has 8 nitrogen and oxygen atoms in total. The lowest BCUT2D eigenvalue weighted by Gasteiger charge is -2.33. The Labute approximate surface area is 168 Å². The predicted molar refractivity (Wildman–Crippen MR) is 97.7 cm³/mol. The molecule has 168 valence electrons. The second-order valence-corrected chi connectivity index (χ2v) is 7.81. The number of rotatable bonds is 7. The number of halogens is 3. The van der Waals surface area contributed by atoms with Crippen molar-refractivity contribution in [1.29, 1.82) is 0 Å². The van der Waals surface area contributed by atoms with Crippen LogP contribution in [-0.4, -0.2) is 72.0 Å². The van der Waals surface area contributed by atoms with Gasteiger partial charge in [0.15, 0.2) is 6.10 Å². The number of carbonyl (C=O) groups is 3. The van der Waals surface area contributed by atoms with Gasteiger partial charge in [-0.05, 0) is 24.7 Å². The van der Waals surface area contributed by atoms with Gasteiger partial charge in [-0.2, -0.15) is 13.2 Å². The average molecular weight is 425 g/mol. The van der Waals surface area contributed by atoms with Crippen LogP contribution in [0.5, 0.6) is 0 Å². The van der Waals surface area contributed by atoms with Crippen LogP contribution in [0.4, 0.5) is 18.0 Å². The first-order valence-corrected chi connectivity index (χ1v) is 9.51. The third-order valence-electron chi connectivity index (χ3n) is 4.93. The van der Waals surface area contributed by atoms with Crippen LogP contribution in [0.25, 0.3) is 0 Å². The molecule has 1 saturated heterocycles. The summed E-state index contributed by atoms with van der Waals surface area (Å²) in [6.45, 7) is 6.55. The summed E-state index contributed by atoms with van der Waals surface area (Å²) in [5.41, 5.74) is 0. The van der Waals surface area contributed by atoms with Crippen molar-refractivity contribution in [3.05, 3.63) is 0 Å². The lowest BCUT2D eigenvalue weighted by molar-refractivity contribution is -0.215. The molecule has 4 atom stereocenters. The molecule has 3 unspecified atom stereocenters. The molecule has 0 saturated carbocycles. The van der Waals surface area contributed by atoms with Crippen molar-refractivity contribution in [3.63, 3.8) is 0 Å². The van der Waals surface area contributed by atoms with Crippen molar-refractivity contribution in [1.82, 2.24) is 15.5 Å². The molecule has 1 fully saturated rings. The maximum Gasteiger partial charge on any atom is 0.416 e. The molecule has 0 aromatic carbocycles. The number of amides is 3. The van der Waals surface area contributed by atoms with Crippen LogP contribution in [0, 0.1) is 11.8 Å². The Kier molecular flexibility index (Phi) is 8.73. The quantitative estimate of drug-likeness (QED) is 0.572. The molecule has 0 radical (unpaired) electrons. The second-order valence-electron chi connectivity index (χ2n) is 7.81. The lowest BCUT2D eigenvalue weighted by atomic mass is 9.97. The van der Waals surface area contributed by atoms with Gasteiger partial charge in [0.25, 0.3) is 0 Å². The largest absolute Gasteiger partial charge is 0.453 e. The molecule has 0 aromatic rings. The Balaban J connectivity index is 2.97. The molecule has 1 rings (SSSR count). The van der Waals surface area contributed by atoms with Crippen molar-refractivity contribution < 1.29 is 37.4 Å². The third-order valence-corrected chi connectivity index (χ3v) is 4.93. The van der Waals surface area contributed by atoms with Crippen LogP contribution in [0.3, 0.4) is 0 Å². The van der Waals surface area contributed by atoms with Gasteiger partial charge in [0, 0.05) is 6.54 Å². The average Bonchev–Trinajstić information content (AvgIpc) is 3.11. The summed E-state index contributed by atoms with van der Waals surface area (Å²) in [4.78, 5) is 38.4. The van der Waals surface area contributed by atoms with Crippen LogP contribution in [0.2, 0.25) is 0 Å². The Morgan fingerprint density at radius 3 is 2.14 bits per heavy atom. The number of carbonyl (C=O) groups excluding carboxylic acids is 3. The maximum atomic E-state index is 12.9. The minimum atomic E-state index is -4.89. The molecule has 11 heteroatoms. The Morgan fingerprint density at radius 1 is 1.10 bits per heavy atom. The van der Waals surface area contributed by atoms with E-state index < -0.39 is 54.2 Å². The minimum Gasteiger partial charge on any atom is -0.453 e. The summed E-state index contributed by atoms with van der Waals surface area (Å²) in [6, 6.07) is -3.48. The minimum absolute atomic E-state index is 0.233. The summed E-state index contributed by atoms with van der Waals surface area (Å²) in [5, 5.41) is 14.3. The van der Waals surface area contributed by atoms with Gasteiger partial charge in [-0.3, -0.25) is 9.59 Å². The summed E-state index contributed by atoms with van der Waals surface area (Å²) in [7, 11) is 1.15. The molecule has 0 spiro atoms. The van der Waals surface area contributed by atoms with E-state index in [4.69, 9.17) is 0 Å². The normalized spacial score (nSPS) is 20.4. The SMILES string of the molecule is COC(=O)NC(C(=O)N1CCC[C@H]1C(=O)NC(C(C)C)C(O)C(F)(F)F)C(C)C. The van der Waals surface area contributed by atoms with Gasteiger partial charge in [0.2, 0.25) is 11.8 Å². The van der Waals surface area contributed by atoms with E-state index in [1.165, 1.54) is 18.7 Å². The highest BCUT2D eigenvalue weighted by atomic mass is 19.4. The van der Waals surface area contributed by atoms with Gasteiger partial charge in [0.05, 0.1) is 13.2 Å². The van der Waals surface area contributed by atoms with Gasteiger partial charge in [-0.25, -0.2) is 4.79 Å². The summed E-state index contributed by atoms with van der Waals surface area (Å²) < 4.78 is 43.3. The smallest absolute Gasteiger partial charge is 0.416 e. The molecular weight excluding hydrogens is 395 g/mol.